The van der Waals surface area contributed by atoms with E-state index in [-0.39, 0.29) is 17.2 Å². The molecule has 0 aromatic carbocycles. The Labute approximate surface area is 136 Å². The lowest BCUT2D eigenvalue weighted by atomic mass is 10.1. The number of rotatable bonds is 7. The van der Waals surface area contributed by atoms with Gasteiger partial charge >= 0.3 is 0 Å². The van der Waals surface area contributed by atoms with Gasteiger partial charge in [-0.25, -0.2) is 0 Å². The summed E-state index contributed by atoms with van der Waals surface area (Å²) in [6.45, 7) is 2.49. The molecule has 0 fully saturated rings. The van der Waals surface area contributed by atoms with Gasteiger partial charge < -0.3 is 10.2 Å². The Kier molecular flexibility index (Phi) is 6.16. The van der Waals surface area contributed by atoms with E-state index in [0.717, 1.165) is 4.34 Å². The van der Waals surface area contributed by atoms with E-state index in [1.54, 1.807) is 16.8 Å². The third-order valence-electron chi connectivity index (χ3n) is 3.01. The molecule has 0 aliphatic rings. The van der Waals surface area contributed by atoms with Gasteiger partial charge in [-0.05, 0) is 43.4 Å². The summed E-state index contributed by atoms with van der Waals surface area (Å²) in [6, 6.07) is 2.29. The Balaban J connectivity index is 1.87. The molecule has 1 N–H and O–H groups in total. The summed E-state index contributed by atoms with van der Waals surface area (Å²) in [5.74, 6) is 0.0253. The maximum absolute atomic E-state index is 12.2. The van der Waals surface area contributed by atoms with Crippen molar-refractivity contribution in [3.05, 3.63) is 27.9 Å². The number of likely N-dealkylation sites (N-methyl/N-ethyl adjacent to an activating group) is 1. The van der Waals surface area contributed by atoms with Crippen LogP contribution in [-0.4, -0.2) is 46.9 Å². The molecule has 0 saturated carbocycles. The van der Waals surface area contributed by atoms with Crippen molar-refractivity contribution in [2.45, 2.75) is 22.6 Å². The summed E-state index contributed by atoms with van der Waals surface area (Å²) in [5.41, 5.74) is 2.90. The van der Waals surface area contributed by atoms with Crippen LogP contribution in [0.3, 0.4) is 0 Å². The molecule has 21 heavy (non-hydrogen) atoms. The first-order valence-electron chi connectivity index (χ1n) is 6.47. The number of nitrogens with one attached hydrogen (secondary N) is 1. The lowest BCUT2D eigenvalue weighted by Gasteiger charge is -2.24. The highest BCUT2D eigenvalue weighted by molar-refractivity contribution is 8.02. The van der Waals surface area contributed by atoms with Crippen LogP contribution < -0.4 is 5.32 Å². The lowest BCUT2D eigenvalue weighted by Crippen LogP contribution is -2.37. The topological polar surface area (TPSA) is 58.1 Å². The molecular formula is C13H18N4OS3. The highest BCUT2D eigenvalue weighted by atomic mass is 32.2. The highest BCUT2D eigenvalue weighted by Gasteiger charge is 2.19. The van der Waals surface area contributed by atoms with Crippen LogP contribution >= 0.6 is 34.4 Å². The van der Waals surface area contributed by atoms with Crippen LogP contribution in [-0.2, 0) is 4.79 Å². The fraction of sp³-hybridized carbons (Fsp3) is 0.462. The van der Waals surface area contributed by atoms with Crippen molar-refractivity contribution in [1.82, 2.24) is 20.4 Å². The van der Waals surface area contributed by atoms with Crippen molar-refractivity contribution in [3.8, 4) is 0 Å². The minimum atomic E-state index is -0.178. The molecule has 0 unspecified atom stereocenters. The number of thiophene rings is 1. The second kappa shape index (κ2) is 7.88. The summed E-state index contributed by atoms with van der Waals surface area (Å²) in [5, 5.41) is 14.7. The smallest absolute Gasteiger partial charge is 0.233 e. The molecule has 2 rings (SSSR count). The number of thioether (sulfide) groups is 1. The Morgan fingerprint density at radius 1 is 1.52 bits per heavy atom. The summed E-state index contributed by atoms with van der Waals surface area (Å²) in [4.78, 5) is 14.3. The monoisotopic (exact) mass is 342 g/mol. The molecule has 2 atom stereocenters. The molecule has 114 valence electrons. The average molecular weight is 343 g/mol. The van der Waals surface area contributed by atoms with E-state index in [4.69, 9.17) is 0 Å². The first kappa shape index (κ1) is 16.4. The van der Waals surface area contributed by atoms with E-state index in [2.05, 4.69) is 37.2 Å². The molecule has 2 aromatic heterocycles. The van der Waals surface area contributed by atoms with E-state index < -0.39 is 0 Å². The number of nitrogens with zero attached hydrogens (tertiary/aromatic N) is 3. The summed E-state index contributed by atoms with van der Waals surface area (Å²) >= 11 is 4.56. The van der Waals surface area contributed by atoms with Crippen molar-refractivity contribution in [2.75, 3.05) is 20.6 Å². The van der Waals surface area contributed by atoms with Crippen LogP contribution in [0, 0.1) is 0 Å². The molecule has 1 amide bonds. The normalized spacial score (nSPS) is 14.1. The Hall–Kier alpha value is -0.960. The largest absolute Gasteiger partial charge is 0.353 e. The van der Waals surface area contributed by atoms with Crippen molar-refractivity contribution in [2.24, 2.45) is 0 Å². The predicted molar refractivity (Wildman–Crippen MR) is 89.0 cm³/mol. The van der Waals surface area contributed by atoms with Gasteiger partial charge in [0, 0.05) is 6.54 Å². The minimum absolute atomic E-state index is 0.0253. The number of hydrogen-bond donors (Lipinski definition) is 1. The van der Waals surface area contributed by atoms with E-state index in [1.807, 2.05) is 21.0 Å². The third-order valence-corrected chi connectivity index (χ3v) is 5.62. The van der Waals surface area contributed by atoms with Crippen LogP contribution in [0.15, 0.2) is 26.7 Å². The first-order valence-corrected chi connectivity index (χ1v) is 9.17. The van der Waals surface area contributed by atoms with Gasteiger partial charge in [0.2, 0.25) is 5.91 Å². The van der Waals surface area contributed by atoms with Gasteiger partial charge in [0.05, 0.1) is 11.3 Å². The van der Waals surface area contributed by atoms with Crippen LogP contribution in [0.4, 0.5) is 0 Å². The quantitative estimate of drug-likeness (QED) is 0.784. The molecule has 2 heterocycles. The predicted octanol–water partition coefficient (Wildman–Crippen LogP) is 2.50. The van der Waals surface area contributed by atoms with Gasteiger partial charge in [0.1, 0.15) is 5.51 Å². The Morgan fingerprint density at radius 3 is 2.90 bits per heavy atom. The van der Waals surface area contributed by atoms with E-state index >= 15 is 0 Å². The molecule has 0 aliphatic heterocycles. The van der Waals surface area contributed by atoms with Crippen LogP contribution in [0.25, 0.3) is 0 Å². The van der Waals surface area contributed by atoms with Crippen molar-refractivity contribution in [1.29, 1.82) is 0 Å². The molecule has 0 aliphatic carbocycles. The van der Waals surface area contributed by atoms with Crippen molar-refractivity contribution < 1.29 is 4.79 Å². The van der Waals surface area contributed by atoms with E-state index in [0.29, 0.717) is 6.54 Å². The van der Waals surface area contributed by atoms with Crippen LogP contribution in [0.5, 0.6) is 0 Å². The fourth-order valence-corrected chi connectivity index (χ4v) is 4.18. The zero-order chi connectivity index (χ0) is 15.2. The van der Waals surface area contributed by atoms with Gasteiger partial charge in [-0.1, -0.05) is 23.1 Å². The maximum Gasteiger partial charge on any atom is 0.233 e. The number of aromatic nitrogens is 2. The Morgan fingerprint density at radius 2 is 2.33 bits per heavy atom. The summed E-state index contributed by atoms with van der Waals surface area (Å²) in [7, 11) is 4.04. The molecule has 8 heteroatoms. The number of hydrogen-bond acceptors (Lipinski definition) is 7. The highest BCUT2D eigenvalue weighted by Crippen LogP contribution is 2.24. The van der Waals surface area contributed by atoms with E-state index in [9.17, 15) is 4.79 Å². The van der Waals surface area contributed by atoms with Crippen molar-refractivity contribution in [3.63, 3.8) is 0 Å². The summed E-state index contributed by atoms with van der Waals surface area (Å²) < 4.78 is 0.819. The molecule has 5 nitrogen and oxygen atoms in total. The average Bonchev–Trinajstić information content (AvgIpc) is 3.11. The van der Waals surface area contributed by atoms with Gasteiger partial charge in [-0.3, -0.25) is 4.79 Å². The Bertz CT molecular complexity index is 542. The SMILES string of the molecule is C[C@H](Sc1nncs1)C(=O)NC[C@H](c1ccsc1)N(C)C. The molecule has 0 saturated heterocycles. The van der Waals surface area contributed by atoms with Gasteiger partial charge in [0.25, 0.3) is 0 Å². The number of amides is 1. The zero-order valence-electron chi connectivity index (χ0n) is 12.1. The van der Waals surface area contributed by atoms with Gasteiger partial charge in [-0.15, -0.1) is 10.2 Å². The molecule has 0 radical (unpaired) electrons. The number of carbonyl (C=O) groups excluding carboxylic acids is 1. The third kappa shape index (κ3) is 4.77. The lowest BCUT2D eigenvalue weighted by molar-refractivity contribution is -0.120. The van der Waals surface area contributed by atoms with Crippen molar-refractivity contribution >= 4 is 40.3 Å². The molecule has 0 spiro atoms. The molecular weight excluding hydrogens is 324 g/mol. The van der Waals surface area contributed by atoms with Gasteiger partial charge in [0.15, 0.2) is 4.34 Å². The zero-order valence-corrected chi connectivity index (χ0v) is 14.6. The summed E-state index contributed by atoms with van der Waals surface area (Å²) in [6.07, 6.45) is 0. The molecule has 2 aromatic rings. The fourth-order valence-electron chi connectivity index (χ4n) is 1.82. The second-order valence-corrected chi connectivity index (χ2v) is 7.95. The van der Waals surface area contributed by atoms with Crippen LogP contribution in [0.1, 0.15) is 18.5 Å². The second-order valence-electron chi connectivity index (χ2n) is 4.75. The van der Waals surface area contributed by atoms with E-state index in [1.165, 1.54) is 28.7 Å². The standard InChI is InChI=1S/C13H18N4OS3/c1-9(21-13-16-15-8-20-13)12(18)14-6-11(17(2)3)10-4-5-19-7-10/h4-5,7-9,11H,6H2,1-3H3,(H,14,18)/t9-,11+/m0/s1. The van der Waals surface area contributed by atoms with Gasteiger partial charge in [-0.2, -0.15) is 11.3 Å². The maximum atomic E-state index is 12.2. The minimum Gasteiger partial charge on any atom is -0.353 e. The first-order chi connectivity index (χ1) is 10.1. The molecule has 0 bridgehead atoms. The van der Waals surface area contributed by atoms with Crippen LogP contribution in [0.2, 0.25) is 0 Å². The number of carbonyl (C=O) groups is 1.